The average molecular weight is 324 g/mol. The Balaban J connectivity index is 2.06. The Hall–Kier alpha value is -2.05. The molecular weight excluding hydrogens is 313 g/mol. The predicted octanol–water partition coefficient (Wildman–Crippen LogP) is 3.88. The molecule has 1 aromatic carbocycles. The van der Waals surface area contributed by atoms with Crippen molar-refractivity contribution in [1.82, 2.24) is 19.9 Å². The molecule has 2 heterocycles. The van der Waals surface area contributed by atoms with Crippen molar-refractivity contribution in [3.63, 3.8) is 0 Å². The van der Waals surface area contributed by atoms with Crippen LogP contribution < -0.4 is 10.1 Å². The minimum absolute atomic E-state index is 0.329. The number of hydrogen-bond acceptors (Lipinski definition) is 5. The average Bonchev–Trinajstić information content (AvgIpc) is 2.93. The maximum absolute atomic E-state index is 6.13. The molecule has 0 fully saturated rings. The summed E-state index contributed by atoms with van der Waals surface area (Å²) >= 11 is 12.1. The molecule has 8 heteroatoms. The van der Waals surface area contributed by atoms with Gasteiger partial charge in [0.1, 0.15) is 16.3 Å². The minimum atomic E-state index is 0.329. The summed E-state index contributed by atoms with van der Waals surface area (Å²) in [5.74, 6) is 1.18. The van der Waals surface area contributed by atoms with Gasteiger partial charge in [0.25, 0.3) is 5.88 Å². The molecule has 0 atom stereocenters. The summed E-state index contributed by atoms with van der Waals surface area (Å²) in [5.41, 5.74) is 1.10. The van der Waals surface area contributed by atoms with E-state index in [0.29, 0.717) is 45.3 Å². The van der Waals surface area contributed by atoms with Crippen LogP contribution >= 0.6 is 23.2 Å². The van der Waals surface area contributed by atoms with E-state index in [2.05, 4.69) is 25.3 Å². The zero-order valence-corrected chi connectivity index (χ0v) is 12.5. The van der Waals surface area contributed by atoms with Crippen molar-refractivity contribution in [3.8, 4) is 11.6 Å². The van der Waals surface area contributed by atoms with Gasteiger partial charge in [-0.3, -0.25) is 0 Å². The SMILES string of the molecule is CCNc1nc(Oc2cccc(Cl)c2Cl)c2[nH]cnc2n1. The van der Waals surface area contributed by atoms with Crippen LogP contribution in [0.1, 0.15) is 6.92 Å². The maximum atomic E-state index is 6.13. The van der Waals surface area contributed by atoms with Crippen LogP contribution in [0, 0.1) is 0 Å². The Kier molecular flexibility index (Phi) is 3.81. The number of imidazole rings is 1. The topological polar surface area (TPSA) is 75.7 Å². The summed E-state index contributed by atoms with van der Waals surface area (Å²) in [6.45, 7) is 2.64. The third-order valence-electron chi connectivity index (χ3n) is 2.71. The summed E-state index contributed by atoms with van der Waals surface area (Å²) in [6, 6.07) is 5.15. The molecule has 0 saturated carbocycles. The standard InChI is InChI=1S/C13H11Cl2N5O/c1-2-16-13-19-11-10(17-6-18-11)12(20-13)21-8-5-3-4-7(14)9(8)15/h3-6H,2H2,1H3,(H2,16,17,18,19,20). The van der Waals surface area contributed by atoms with Crippen LogP contribution in [0.2, 0.25) is 10.0 Å². The number of nitrogens with one attached hydrogen (secondary N) is 2. The van der Waals surface area contributed by atoms with Gasteiger partial charge in [-0.2, -0.15) is 9.97 Å². The van der Waals surface area contributed by atoms with E-state index < -0.39 is 0 Å². The number of rotatable bonds is 4. The second-order valence-electron chi connectivity index (χ2n) is 4.14. The highest BCUT2D eigenvalue weighted by Gasteiger charge is 2.14. The molecule has 2 aromatic heterocycles. The van der Waals surface area contributed by atoms with Crippen molar-refractivity contribution in [2.45, 2.75) is 6.92 Å². The van der Waals surface area contributed by atoms with E-state index in [0.717, 1.165) is 0 Å². The van der Waals surface area contributed by atoms with Gasteiger partial charge < -0.3 is 15.0 Å². The molecule has 2 N–H and O–H groups in total. The molecule has 108 valence electrons. The number of H-pyrrole nitrogens is 1. The molecule has 0 unspecified atom stereocenters. The number of halogens is 2. The zero-order valence-electron chi connectivity index (χ0n) is 11.0. The van der Waals surface area contributed by atoms with Crippen molar-refractivity contribution in [2.75, 3.05) is 11.9 Å². The van der Waals surface area contributed by atoms with E-state index >= 15 is 0 Å². The van der Waals surface area contributed by atoms with Crippen LogP contribution in [0.15, 0.2) is 24.5 Å². The van der Waals surface area contributed by atoms with Crippen molar-refractivity contribution < 1.29 is 4.74 Å². The Morgan fingerprint density at radius 2 is 2.14 bits per heavy atom. The first kappa shape index (κ1) is 13.9. The van der Waals surface area contributed by atoms with Crippen LogP contribution in [0.5, 0.6) is 11.6 Å². The summed E-state index contributed by atoms with van der Waals surface area (Å²) in [4.78, 5) is 15.6. The van der Waals surface area contributed by atoms with Crippen molar-refractivity contribution in [2.24, 2.45) is 0 Å². The van der Waals surface area contributed by atoms with Crippen LogP contribution in [0.4, 0.5) is 5.95 Å². The highest BCUT2D eigenvalue weighted by Crippen LogP contribution is 2.35. The van der Waals surface area contributed by atoms with E-state index in [4.69, 9.17) is 27.9 Å². The second kappa shape index (κ2) is 5.75. The van der Waals surface area contributed by atoms with Gasteiger partial charge >= 0.3 is 0 Å². The Morgan fingerprint density at radius 1 is 1.29 bits per heavy atom. The van der Waals surface area contributed by atoms with E-state index in [9.17, 15) is 0 Å². The largest absolute Gasteiger partial charge is 0.435 e. The smallest absolute Gasteiger partial charge is 0.250 e. The molecule has 0 spiro atoms. The van der Waals surface area contributed by atoms with Crippen molar-refractivity contribution in [3.05, 3.63) is 34.6 Å². The number of aromatic nitrogens is 4. The van der Waals surface area contributed by atoms with E-state index in [1.165, 1.54) is 6.33 Å². The fraction of sp³-hybridized carbons (Fsp3) is 0.154. The molecule has 0 aliphatic carbocycles. The quantitative estimate of drug-likeness (QED) is 0.761. The number of hydrogen-bond donors (Lipinski definition) is 2. The number of nitrogens with zero attached hydrogens (tertiary/aromatic N) is 3. The number of anilines is 1. The first-order chi connectivity index (χ1) is 10.2. The van der Waals surface area contributed by atoms with E-state index in [-0.39, 0.29) is 0 Å². The molecular formula is C13H11Cl2N5O. The van der Waals surface area contributed by atoms with Crippen LogP contribution in [-0.2, 0) is 0 Å². The minimum Gasteiger partial charge on any atom is -0.435 e. The summed E-state index contributed by atoms with van der Waals surface area (Å²) < 4.78 is 5.77. The lowest BCUT2D eigenvalue weighted by Crippen LogP contribution is -2.03. The van der Waals surface area contributed by atoms with Gasteiger partial charge in [-0.15, -0.1) is 0 Å². The molecule has 0 bridgehead atoms. The fourth-order valence-electron chi connectivity index (χ4n) is 1.78. The molecule has 3 rings (SSSR count). The van der Waals surface area contributed by atoms with Crippen molar-refractivity contribution >= 4 is 40.3 Å². The third-order valence-corrected chi connectivity index (χ3v) is 3.51. The second-order valence-corrected chi connectivity index (χ2v) is 4.92. The molecule has 21 heavy (non-hydrogen) atoms. The van der Waals surface area contributed by atoms with Gasteiger partial charge in [-0.1, -0.05) is 29.3 Å². The summed E-state index contributed by atoms with van der Waals surface area (Å²) in [5, 5.41) is 3.77. The van der Waals surface area contributed by atoms with Gasteiger partial charge in [-0.25, -0.2) is 4.98 Å². The lowest BCUT2D eigenvalue weighted by Gasteiger charge is -2.09. The third kappa shape index (κ3) is 2.72. The molecule has 0 amide bonds. The van der Waals surface area contributed by atoms with Crippen LogP contribution in [0.3, 0.4) is 0 Å². The normalized spacial score (nSPS) is 10.8. The fourth-order valence-corrected chi connectivity index (χ4v) is 2.12. The monoisotopic (exact) mass is 323 g/mol. The van der Waals surface area contributed by atoms with Crippen molar-refractivity contribution in [1.29, 1.82) is 0 Å². The lowest BCUT2D eigenvalue weighted by molar-refractivity contribution is 0.468. The van der Waals surface area contributed by atoms with Gasteiger partial charge in [-0.05, 0) is 19.1 Å². The number of aromatic amines is 1. The Morgan fingerprint density at radius 3 is 2.95 bits per heavy atom. The molecule has 0 aliphatic heterocycles. The maximum Gasteiger partial charge on any atom is 0.250 e. The molecule has 0 radical (unpaired) electrons. The zero-order chi connectivity index (χ0) is 14.8. The van der Waals surface area contributed by atoms with Crippen LogP contribution in [0.25, 0.3) is 11.2 Å². The number of ether oxygens (including phenoxy) is 1. The first-order valence-corrected chi connectivity index (χ1v) is 7.01. The highest BCUT2D eigenvalue weighted by atomic mass is 35.5. The summed E-state index contributed by atoms with van der Waals surface area (Å²) in [7, 11) is 0. The van der Waals surface area contributed by atoms with E-state index in [1.54, 1.807) is 18.2 Å². The predicted molar refractivity (Wildman–Crippen MR) is 82.4 cm³/mol. The van der Waals surface area contributed by atoms with E-state index in [1.807, 2.05) is 6.92 Å². The molecule has 0 aliphatic rings. The Bertz CT molecular complexity index is 789. The van der Waals surface area contributed by atoms with Crippen LogP contribution in [-0.4, -0.2) is 26.5 Å². The van der Waals surface area contributed by atoms with Gasteiger partial charge in [0.15, 0.2) is 5.65 Å². The Labute approximate surface area is 130 Å². The van der Waals surface area contributed by atoms with Gasteiger partial charge in [0.2, 0.25) is 5.95 Å². The first-order valence-electron chi connectivity index (χ1n) is 6.26. The molecule has 3 aromatic rings. The number of fused-ring (bicyclic) bond motifs is 1. The number of benzene rings is 1. The summed E-state index contributed by atoms with van der Waals surface area (Å²) in [6.07, 6.45) is 1.53. The van der Waals surface area contributed by atoms with Gasteiger partial charge in [0.05, 0.1) is 11.3 Å². The van der Waals surface area contributed by atoms with Gasteiger partial charge in [0, 0.05) is 6.54 Å². The molecule has 0 saturated heterocycles. The lowest BCUT2D eigenvalue weighted by atomic mass is 10.3. The molecule has 6 nitrogen and oxygen atoms in total. The highest BCUT2D eigenvalue weighted by molar-refractivity contribution is 6.42.